The molecule has 2 aromatic heterocycles. The molecule has 11 heteroatoms. The molecule has 1 N–H and O–H groups in total. The first kappa shape index (κ1) is 25.4. The third-order valence-electron chi connectivity index (χ3n) is 5.94. The van der Waals surface area contributed by atoms with Gasteiger partial charge >= 0.3 is 0 Å². The molecule has 0 bridgehead atoms. The summed E-state index contributed by atoms with van der Waals surface area (Å²) in [6.07, 6.45) is -0.0548. The molecule has 5 rings (SSSR count). The number of amides is 2. The van der Waals surface area contributed by atoms with E-state index in [4.69, 9.17) is 13.9 Å². The Hall–Kier alpha value is -4.25. The van der Waals surface area contributed by atoms with E-state index in [9.17, 15) is 9.59 Å². The van der Waals surface area contributed by atoms with E-state index in [1.807, 2.05) is 26.2 Å². The van der Waals surface area contributed by atoms with Gasteiger partial charge < -0.3 is 18.8 Å². The molecule has 0 saturated carbocycles. The quantitative estimate of drug-likeness (QED) is 0.326. The Morgan fingerprint density at radius 3 is 2.50 bits per heavy atom. The average molecular weight is 534 g/mol. The largest absolute Gasteiger partial charge is 0.480 e. The molecule has 38 heavy (non-hydrogen) atoms. The molecule has 1 fully saturated rings. The Bertz CT molecular complexity index is 1460. The fourth-order valence-corrected chi connectivity index (χ4v) is 4.77. The van der Waals surface area contributed by atoms with Crippen LogP contribution in [0, 0.1) is 13.8 Å². The van der Waals surface area contributed by atoms with E-state index in [2.05, 4.69) is 20.5 Å². The zero-order chi connectivity index (χ0) is 26.8. The van der Waals surface area contributed by atoms with Crippen molar-refractivity contribution in [2.75, 3.05) is 11.9 Å². The van der Waals surface area contributed by atoms with Crippen LogP contribution >= 0.6 is 11.3 Å². The summed E-state index contributed by atoms with van der Waals surface area (Å²) in [6.45, 7) is 8.16. The van der Waals surface area contributed by atoms with Crippen LogP contribution in [0.2, 0.25) is 0 Å². The second kappa shape index (κ2) is 10.6. The summed E-state index contributed by atoms with van der Waals surface area (Å²) in [4.78, 5) is 32.0. The normalized spacial score (nSPS) is 15.2. The van der Waals surface area contributed by atoms with E-state index in [1.54, 1.807) is 54.3 Å². The molecule has 1 saturated heterocycles. The molecule has 1 aliphatic rings. The van der Waals surface area contributed by atoms with Crippen molar-refractivity contribution in [2.45, 2.75) is 46.3 Å². The molecule has 10 nitrogen and oxygen atoms in total. The van der Waals surface area contributed by atoms with E-state index < -0.39 is 6.10 Å². The Kier molecular flexibility index (Phi) is 7.10. The number of aryl methyl sites for hydroxylation is 2. The zero-order valence-electron chi connectivity index (χ0n) is 21.4. The number of carbonyl (C=O) groups excluding carboxylic acids is 2. The molecule has 2 amide bonds. The lowest BCUT2D eigenvalue weighted by Gasteiger charge is -2.21. The van der Waals surface area contributed by atoms with Crippen molar-refractivity contribution in [1.82, 2.24) is 20.1 Å². The molecule has 2 aromatic carbocycles. The summed E-state index contributed by atoms with van der Waals surface area (Å²) in [5.41, 5.74) is 1.89. The van der Waals surface area contributed by atoms with Gasteiger partial charge in [-0.25, -0.2) is 4.98 Å². The van der Waals surface area contributed by atoms with Crippen molar-refractivity contribution < 1.29 is 23.5 Å². The second-order valence-corrected chi connectivity index (χ2v) is 10.1. The molecule has 1 atom stereocenters. The van der Waals surface area contributed by atoms with Crippen LogP contribution in [0.15, 0.2) is 52.3 Å². The molecule has 1 unspecified atom stereocenters. The lowest BCUT2D eigenvalue weighted by Crippen LogP contribution is -2.36. The van der Waals surface area contributed by atoms with Gasteiger partial charge in [-0.15, -0.1) is 21.5 Å². The van der Waals surface area contributed by atoms with Crippen molar-refractivity contribution in [3.05, 3.63) is 65.0 Å². The van der Waals surface area contributed by atoms with Gasteiger partial charge in [0.05, 0.1) is 5.69 Å². The van der Waals surface area contributed by atoms with Crippen molar-refractivity contribution in [1.29, 1.82) is 0 Å². The van der Waals surface area contributed by atoms with Gasteiger partial charge in [0.15, 0.2) is 11.2 Å². The SMILES string of the molecule is Cc1csc(NC(=O)c2cc(Oc3ccc(-c4nnc(C)o4)cc3)cc(OC3CCN(C(C)C)C3=O)c2)n1. The number of benzene rings is 2. The highest BCUT2D eigenvalue weighted by Gasteiger charge is 2.34. The Morgan fingerprint density at radius 1 is 1.11 bits per heavy atom. The maximum Gasteiger partial charge on any atom is 0.263 e. The Morgan fingerprint density at radius 2 is 1.87 bits per heavy atom. The Balaban J connectivity index is 1.39. The van der Waals surface area contributed by atoms with Gasteiger partial charge in [0.2, 0.25) is 11.8 Å². The number of aromatic nitrogens is 3. The number of likely N-dealkylation sites (tertiary alicyclic amines) is 1. The highest BCUT2D eigenvalue weighted by atomic mass is 32.1. The highest BCUT2D eigenvalue weighted by molar-refractivity contribution is 7.13. The molecule has 3 heterocycles. The number of rotatable bonds is 8. The summed E-state index contributed by atoms with van der Waals surface area (Å²) in [6, 6.07) is 12.1. The molecule has 0 radical (unpaired) electrons. The van der Waals surface area contributed by atoms with E-state index in [0.717, 1.165) is 11.3 Å². The molecular weight excluding hydrogens is 506 g/mol. The predicted octanol–water partition coefficient (Wildman–Crippen LogP) is 5.24. The van der Waals surface area contributed by atoms with E-state index in [0.29, 0.717) is 52.7 Å². The number of nitrogens with zero attached hydrogens (tertiary/aromatic N) is 4. The summed E-state index contributed by atoms with van der Waals surface area (Å²) < 4.78 is 17.6. The van der Waals surface area contributed by atoms with Crippen molar-refractivity contribution in [3.63, 3.8) is 0 Å². The maximum absolute atomic E-state index is 13.1. The van der Waals surface area contributed by atoms with E-state index >= 15 is 0 Å². The molecule has 1 aliphatic heterocycles. The zero-order valence-corrected chi connectivity index (χ0v) is 22.2. The third kappa shape index (κ3) is 5.67. The van der Waals surface area contributed by atoms with Crippen molar-refractivity contribution >= 4 is 28.3 Å². The van der Waals surface area contributed by atoms with Gasteiger partial charge in [-0.1, -0.05) is 0 Å². The van der Waals surface area contributed by atoms with E-state index in [1.165, 1.54) is 11.3 Å². The van der Waals surface area contributed by atoms with Crippen LogP contribution in [-0.2, 0) is 4.79 Å². The lowest BCUT2D eigenvalue weighted by molar-refractivity contribution is -0.134. The topological polar surface area (TPSA) is 120 Å². The first-order valence-corrected chi connectivity index (χ1v) is 13.1. The number of hydrogen-bond acceptors (Lipinski definition) is 9. The summed E-state index contributed by atoms with van der Waals surface area (Å²) >= 11 is 1.34. The number of anilines is 1. The fourth-order valence-electron chi connectivity index (χ4n) is 4.09. The first-order valence-electron chi connectivity index (χ1n) is 12.2. The average Bonchev–Trinajstić information content (AvgIpc) is 3.60. The maximum atomic E-state index is 13.1. The molecule has 4 aromatic rings. The smallest absolute Gasteiger partial charge is 0.263 e. The summed E-state index contributed by atoms with van der Waals surface area (Å²) in [7, 11) is 0. The number of carbonyl (C=O) groups is 2. The monoisotopic (exact) mass is 533 g/mol. The number of ether oxygens (including phenoxy) is 2. The number of thiazole rings is 1. The van der Waals surface area contributed by atoms with Crippen LogP contribution in [0.5, 0.6) is 17.2 Å². The third-order valence-corrected chi connectivity index (χ3v) is 6.81. The summed E-state index contributed by atoms with van der Waals surface area (Å²) in [5.74, 6) is 1.75. The van der Waals surface area contributed by atoms with E-state index in [-0.39, 0.29) is 17.9 Å². The minimum Gasteiger partial charge on any atom is -0.480 e. The molecule has 0 spiro atoms. The minimum absolute atomic E-state index is 0.0672. The summed E-state index contributed by atoms with van der Waals surface area (Å²) in [5, 5.41) is 13.0. The van der Waals surface area contributed by atoms with Gasteiger partial charge in [-0.2, -0.15) is 0 Å². The Labute approximate surface area is 223 Å². The first-order chi connectivity index (χ1) is 18.2. The van der Waals surface area contributed by atoms with Gasteiger partial charge in [0, 0.05) is 48.5 Å². The van der Waals surface area contributed by atoms with Crippen LogP contribution in [0.25, 0.3) is 11.5 Å². The second-order valence-electron chi connectivity index (χ2n) is 9.21. The van der Waals surface area contributed by atoms with Crippen LogP contribution in [-0.4, -0.2) is 50.6 Å². The van der Waals surface area contributed by atoms with Gasteiger partial charge in [0.1, 0.15) is 17.2 Å². The number of hydrogen-bond donors (Lipinski definition) is 1. The number of nitrogens with one attached hydrogen (secondary N) is 1. The lowest BCUT2D eigenvalue weighted by atomic mass is 10.1. The molecular formula is C27H27N5O5S. The molecule has 0 aliphatic carbocycles. The standard InChI is InChI=1S/C27H27N5O5S/c1-15(2)32-10-9-23(26(32)34)37-22-12-19(24(33)29-27-28-16(3)14-38-27)11-21(13-22)36-20-7-5-18(6-8-20)25-31-30-17(4)35-25/h5-8,11-15,23H,9-10H2,1-4H3,(H,28,29,33). The fraction of sp³-hybridized carbons (Fsp3) is 0.296. The van der Waals surface area contributed by atoms with Crippen LogP contribution < -0.4 is 14.8 Å². The van der Waals surface area contributed by atoms with Gasteiger partial charge in [-0.05, 0) is 57.2 Å². The highest BCUT2D eigenvalue weighted by Crippen LogP contribution is 2.31. The van der Waals surface area contributed by atoms with Gasteiger partial charge in [0.25, 0.3) is 11.8 Å². The van der Waals surface area contributed by atoms with Crippen LogP contribution in [0.3, 0.4) is 0 Å². The predicted molar refractivity (Wildman–Crippen MR) is 142 cm³/mol. The minimum atomic E-state index is -0.623. The van der Waals surface area contributed by atoms with Crippen molar-refractivity contribution in [2.24, 2.45) is 0 Å². The van der Waals surface area contributed by atoms with Crippen LogP contribution in [0.4, 0.5) is 5.13 Å². The van der Waals surface area contributed by atoms with Gasteiger partial charge in [-0.3, -0.25) is 14.9 Å². The molecule has 196 valence electrons. The van der Waals surface area contributed by atoms with Crippen molar-refractivity contribution in [3.8, 4) is 28.7 Å². The van der Waals surface area contributed by atoms with Crippen LogP contribution in [0.1, 0.15) is 42.2 Å².